The van der Waals surface area contributed by atoms with Crippen LogP contribution in [0.15, 0.2) is 41.3 Å². The van der Waals surface area contributed by atoms with Gasteiger partial charge in [0.15, 0.2) is 5.65 Å². The molecule has 1 amide bonds. The third-order valence-corrected chi connectivity index (χ3v) is 5.52. The second-order valence-electron chi connectivity index (χ2n) is 7.69. The number of benzene rings is 1. The van der Waals surface area contributed by atoms with E-state index < -0.39 is 11.4 Å². The van der Waals surface area contributed by atoms with Gasteiger partial charge in [-0.1, -0.05) is 25.0 Å². The Morgan fingerprint density at radius 1 is 1.23 bits per heavy atom. The molecule has 0 atom stereocenters. The van der Waals surface area contributed by atoms with E-state index in [0.29, 0.717) is 11.5 Å². The number of aromatic amines is 1. The maximum Gasteiger partial charge on any atom is 0.263 e. The molecule has 0 spiro atoms. The summed E-state index contributed by atoms with van der Waals surface area (Å²) in [6, 6.07) is 7.82. The number of para-hydroxylation sites is 1. The molecule has 10 heteroatoms. The van der Waals surface area contributed by atoms with E-state index in [1.807, 2.05) is 0 Å². The highest BCUT2D eigenvalue weighted by molar-refractivity contribution is 5.92. The highest BCUT2D eigenvalue weighted by atomic mass is 19.1. The van der Waals surface area contributed by atoms with Gasteiger partial charge in [-0.25, -0.2) is 9.07 Å². The Labute approximate surface area is 175 Å². The van der Waals surface area contributed by atoms with Gasteiger partial charge in [0, 0.05) is 12.0 Å². The maximum absolute atomic E-state index is 14.3. The molecule has 0 aliphatic heterocycles. The van der Waals surface area contributed by atoms with Crippen molar-refractivity contribution in [2.45, 2.75) is 32.6 Å². The van der Waals surface area contributed by atoms with Crippen molar-refractivity contribution in [3.8, 4) is 11.6 Å². The number of nitrogens with one attached hydrogen (secondary N) is 2. The van der Waals surface area contributed by atoms with Crippen molar-refractivity contribution in [3.63, 3.8) is 0 Å². The van der Waals surface area contributed by atoms with Crippen LogP contribution in [-0.4, -0.2) is 35.4 Å². The third kappa shape index (κ3) is 3.39. The van der Waals surface area contributed by atoms with Crippen LogP contribution in [-0.2, 0) is 4.79 Å². The van der Waals surface area contributed by atoms with E-state index >= 15 is 0 Å². The zero-order chi connectivity index (χ0) is 21.5. The molecule has 158 valence electrons. The van der Waals surface area contributed by atoms with E-state index in [9.17, 15) is 14.0 Å². The molecule has 1 aromatic carbocycles. The molecule has 2 N–H and O–H groups in total. The number of aromatic nitrogens is 6. The van der Waals surface area contributed by atoms with Crippen molar-refractivity contribution in [2.24, 2.45) is 5.92 Å². The number of amides is 1. The molecule has 9 nitrogen and oxygen atoms in total. The van der Waals surface area contributed by atoms with Gasteiger partial charge in [-0.15, -0.1) is 0 Å². The zero-order valence-electron chi connectivity index (χ0n) is 16.8. The van der Waals surface area contributed by atoms with Crippen LogP contribution in [0.2, 0.25) is 0 Å². The van der Waals surface area contributed by atoms with Crippen LogP contribution >= 0.6 is 0 Å². The van der Waals surface area contributed by atoms with Crippen LogP contribution in [0.3, 0.4) is 0 Å². The number of hydrogen-bond acceptors (Lipinski definition) is 5. The van der Waals surface area contributed by atoms with Gasteiger partial charge in [0.05, 0.1) is 11.9 Å². The minimum Gasteiger partial charge on any atom is -0.310 e. The SMILES string of the molecule is Cc1cc(NC(=O)C2CCCC2)n(-c2nc3c(cnn3-c3ccccc3F)c(=O)[nH]2)n1. The summed E-state index contributed by atoms with van der Waals surface area (Å²) < 4.78 is 17.0. The highest BCUT2D eigenvalue weighted by Crippen LogP contribution is 2.26. The lowest BCUT2D eigenvalue weighted by atomic mass is 10.1. The fourth-order valence-corrected chi connectivity index (χ4v) is 3.97. The van der Waals surface area contributed by atoms with Crippen molar-refractivity contribution < 1.29 is 9.18 Å². The fourth-order valence-electron chi connectivity index (χ4n) is 3.97. The summed E-state index contributed by atoms with van der Waals surface area (Å²) in [5.74, 6) is -0.0750. The summed E-state index contributed by atoms with van der Waals surface area (Å²) in [6.07, 6.45) is 5.15. The van der Waals surface area contributed by atoms with Crippen molar-refractivity contribution in [1.29, 1.82) is 0 Å². The first kappa shape index (κ1) is 19.2. The number of rotatable bonds is 4. The first-order chi connectivity index (χ1) is 15.0. The van der Waals surface area contributed by atoms with E-state index in [1.54, 1.807) is 31.2 Å². The average Bonchev–Trinajstić information content (AvgIpc) is 3.48. The zero-order valence-corrected chi connectivity index (χ0v) is 16.8. The predicted molar refractivity (Wildman–Crippen MR) is 112 cm³/mol. The van der Waals surface area contributed by atoms with Gasteiger partial charge in [-0.2, -0.15) is 19.9 Å². The molecule has 1 saturated carbocycles. The Kier molecular flexibility index (Phi) is 4.61. The number of nitrogens with zero attached hydrogens (tertiary/aromatic N) is 5. The van der Waals surface area contributed by atoms with Gasteiger partial charge in [-0.3, -0.25) is 14.6 Å². The lowest BCUT2D eigenvalue weighted by Crippen LogP contribution is -2.23. The average molecular weight is 421 g/mol. The Bertz CT molecular complexity index is 1350. The molecule has 31 heavy (non-hydrogen) atoms. The summed E-state index contributed by atoms with van der Waals surface area (Å²) >= 11 is 0. The summed E-state index contributed by atoms with van der Waals surface area (Å²) in [5, 5.41) is 11.6. The van der Waals surface area contributed by atoms with Crippen LogP contribution in [0.25, 0.3) is 22.7 Å². The summed E-state index contributed by atoms with van der Waals surface area (Å²) in [7, 11) is 0. The van der Waals surface area contributed by atoms with E-state index in [2.05, 4.69) is 25.5 Å². The van der Waals surface area contributed by atoms with Gasteiger partial charge >= 0.3 is 0 Å². The van der Waals surface area contributed by atoms with E-state index in [1.165, 1.54) is 21.6 Å². The lowest BCUT2D eigenvalue weighted by Gasteiger charge is -2.12. The molecule has 0 bridgehead atoms. The van der Waals surface area contributed by atoms with Crippen molar-refractivity contribution >= 4 is 22.8 Å². The number of aryl methyl sites for hydroxylation is 1. The lowest BCUT2D eigenvalue weighted by molar-refractivity contribution is -0.119. The molecule has 3 heterocycles. The molecule has 1 aliphatic carbocycles. The molecule has 0 unspecified atom stereocenters. The van der Waals surface area contributed by atoms with Gasteiger partial charge in [0.1, 0.15) is 22.7 Å². The maximum atomic E-state index is 14.3. The number of halogens is 1. The molecule has 5 rings (SSSR count). The molecule has 1 aliphatic rings. The number of hydrogen-bond donors (Lipinski definition) is 2. The third-order valence-electron chi connectivity index (χ3n) is 5.52. The van der Waals surface area contributed by atoms with E-state index in [4.69, 9.17) is 0 Å². The van der Waals surface area contributed by atoms with Crippen LogP contribution in [0.1, 0.15) is 31.4 Å². The van der Waals surface area contributed by atoms with Crippen LogP contribution < -0.4 is 10.9 Å². The first-order valence-electron chi connectivity index (χ1n) is 10.1. The molecular formula is C21H20FN7O2. The van der Waals surface area contributed by atoms with Crippen molar-refractivity contribution in [3.05, 3.63) is 58.4 Å². The van der Waals surface area contributed by atoms with Gasteiger partial charge < -0.3 is 5.32 Å². The molecule has 0 radical (unpaired) electrons. The molecule has 3 aromatic heterocycles. The van der Waals surface area contributed by atoms with Crippen molar-refractivity contribution in [1.82, 2.24) is 29.5 Å². The number of carbonyl (C=O) groups is 1. The molecule has 0 saturated heterocycles. The Balaban J connectivity index is 1.60. The van der Waals surface area contributed by atoms with Crippen LogP contribution in [0, 0.1) is 18.7 Å². The van der Waals surface area contributed by atoms with E-state index in [0.717, 1.165) is 25.7 Å². The number of anilines is 1. The second kappa shape index (κ2) is 7.46. The predicted octanol–water partition coefficient (Wildman–Crippen LogP) is 2.87. The molecule has 4 aromatic rings. The van der Waals surface area contributed by atoms with Crippen LogP contribution in [0.4, 0.5) is 10.2 Å². The largest absolute Gasteiger partial charge is 0.310 e. The summed E-state index contributed by atoms with van der Waals surface area (Å²) in [4.78, 5) is 32.5. The standard InChI is InChI=1S/C21H20FN7O2/c1-12-10-17(24-19(30)13-6-2-3-7-13)29(27-12)21-25-18-14(20(31)26-21)11-23-28(18)16-9-5-4-8-15(16)22/h4-5,8-11,13H,2-3,6-7H2,1H3,(H,24,30)(H,25,26,31). The Morgan fingerprint density at radius 3 is 2.77 bits per heavy atom. The quantitative estimate of drug-likeness (QED) is 0.526. The fraction of sp³-hybridized carbons (Fsp3) is 0.286. The van der Waals surface area contributed by atoms with Crippen molar-refractivity contribution in [2.75, 3.05) is 5.32 Å². The topological polar surface area (TPSA) is 110 Å². The molecular weight excluding hydrogens is 401 g/mol. The highest BCUT2D eigenvalue weighted by Gasteiger charge is 2.24. The van der Waals surface area contributed by atoms with Gasteiger partial charge in [0.2, 0.25) is 11.9 Å². The minimum atomic E-state index is -0.490. The Morgan fingerprint density at radius 2 is 2.00 bits per heavy atom. The molecule has 1 fully saturated rings. The Hall–Kier alpha value is -3.82. The summed E-state index contributed by atoms with van der Waals surface area (Å²) in [5.41, 5.74) is 0.564. The second-order valence-corrected chi connectivity index (χ2v) is 7.69. The monoisotopic (exact) mass is 421 g/mol. The van der Waals surface area contributed by atoms with E-state index in [-0.39, 0.29) is 34.5 Å². The van der Waals surface area contributed by atoms with Gasteiger partial charge in [0.25, 0.3) is 5.56 Å². The van der Waals surface area contributed by atoms with Crippen LogP contribution in [0.5, 0.6) is 0 Å². The number of carbonyl (C=O) groups excluding carboxylic acids is 1. The smallest absolute Gasteiger partial charge is 0.263 e. The first-order valence-corrected chi connectivity index (χ1v) is 10.1. The van der Waals surface area contributed by atoms with Gasteiger partial charge in [-0.05, 0) is 31.9 Å². The number of H-pyrrole nitrogens is 1. The normalized spacial score (nSPS) is 14.4. The minimum absolute atomic E-state index is 0.0272. The summed E-state index contributed by atoms with van der Waals surface area (Å²) in [6.45, 7) is 1.78. The number of fused-ring (bicyclic) bond motifs is 1.